The Labute approximate surface area is 137 Å². The maximum atomic E-state index is 13.2. The highest BCUT2D eigenvalue weighted by Crippen LogP contribution is 2.42. The van der Waals surface area contributed by atoms with Gasteiger partial charge in [0.15, 0.2) is 0 Å². The van der Waals surface area contributed by atoms with Crippen LogP contribution in [0.2, 0.25) is 0 Å². The van der Waals surface area contributed by atoms with Crippen molar-refractivity contribution in [2.45, 2.75) is 64.5 Å². The van der Waals surface area contributed by atoms with Crippen LogP contribution in [0.1, 0.15) is 56.3 Å². The molecule has 0 unspecified atom stereocenters. The third kappa shape index (κ3) is 2.67. The average Bonchev–Trinajstić information content (AvgIpc) is 3.27. The number of aromatic nitrogens is 2. The van der Waals surface area contributed by atoms with Gasteiger partial charge in [0.2, 0.25) is 5.91 Å². The van der Waals surface area contributed by atoms with Crippen molar-refractivity contribution in [2.75, 3.05) is 19.6 Å². The molecule has 1 amide bonds. The van der Waals surface area contributed by atoms with Crippen LogP contribution >= 0.6 is 0 Å². The Morgan fingerprint density at radius 1 is 1.17 bits per heavy atom. The number of likely N-dealkylation sites (tertiary alicyclic amines) is 2. The van der Waals surface area contributed by atoms with Crippen LogP contribution in [0.4, 0.5) is 0 Å². The monoisotopic (exact) mass is 318 g/mol. The predicted octanol–water partition coefficient (Wildman–Crippen LogP) is 2.14. The summed E-state index contributed by atoms with van der Waals surface area (Å²) < 4.78 is 4.80. The molecule has 0 N–H and O–H groups in total. The maximum Gasteiger partial charge on any atom is 0.230 e. The number of nitrogens with zero attached hydrogens (tertiary/aromatic N) is 4. The Bertz CT molecular complexity index is 581. The average molecular weight is 318 g/mol. The van der Waals surface area contributed by atoms with Crippen molar-refractivity contribution >= 4 is 5.91 Å². The maximum absolute atomic E-state index is 13.2. The molecule has 1 atom stereocenters. The van der Waals surface area contributed by atoms with Crippen molar-refractivity contribution in [3.8, 4) is 0 Å². The molecule has 6 nitrogen and oxygen atoms in total. The highest BCUT2D eigenvalue weighted by atomic mass is 16.6. The number of carbonyl (C=O) groups excluding carboxylic acids is 1. The number of carbonyl (C=O) groups is 1. The summed E-state index contributed by atoms with van der Waals surface area (Å²) in [5, 5.41) is 7.84. The van der Waals surface area contributed by atoms with Crippen LogP contribution in [-0.2, 0) is 11.3 Å². The summed E-state index contributed by atoms with van der Waals surface area (Å²) in [5.41, 5.74) is 1.61. The minimum atomic E-state index is -0.147. The zero-order valence-electron chi connectivity index (χ0n) is 14.0. The van der Waals surface area contributed by atoms with Gasteiger partial charge >= 0.3 is 0 Å². The highest BCUT2D eigenvalue weighted by molar-refractivity contribution is 5.84. The van der Waals surface area contributed by atoms with Gasteiger partial charge in [-0.3, -0.25) is 9.69 Å². The Morgan fingerprint density at radius 2 is 2.00 bits per heavy atom. The topological polar surface area (TPSA) is 62.5 Å². The van der Waals surface area contributed by atoms with Crippen molar-refractivity contribution in [1.82, 2.24) is 20.1 Å². The second-order valence-corrected chi connectivity index (χ2v) is 7.58. The van der Waals surface area contributed by atoms with Crippen LogP contribution in [0.25, 0.3) is 0 Å². The SMILES string of the molecule is Cc1nonc1CN1CC[C@]2(CCCN(C3CCCC3)C2=O)C1. The van der Waals surface area contributed by atoms with E-state index in [1.165, 1.54) is 25.7 Å². The van der Waals surface area contributed by atoms with Crippen LogP contribution in [0.3, 0.4) is 0 Å². The molecular weight excluding hydrogens is 292 g/mol. The Hall–Kier alpha value is -1.43. The van der Waals surface area contributed by atoms with Gasteiger partial charge in [0.1, 0.15) is 11.4 Å². The van der Waals surface area contributed by atoms with E-state index in [0.29, 0.717) is 11.9 Å². The molecule has 1 aliphatic carbocycles. The zero-order valence-corrected chi connectivity index (χ0v) is 14.0. The lowest BCUT2D eigenvalue weighted by molar-refractivity contribution is -0.148. The Balaban J connectivity index is 1.45. The fourth-order valence-electron chi connectivity index (χ4n) is 4.74. The van der Waals surface area contributed by atoms with E-state index in [2.05, 4.69) is 20.1 Å². The standard InChI is InChI=1S/C17H26N4O2/c1-13-15(19-23-18-13)11-20-10-8-17(12-20)7-4-9-21(16(17)22)14-5-2-3-6-14/h14H,2-12H2,1H3/t17-/m1/s1. The molecule has 6 heteroatoms. The van der Waals surface area contributed by atoms with Gasteiger partial charge < -0.3 is 4.90 Å². The molecule has 0 aromatic carbocycles. The van der Waals surface area contributed by atoms with Gasteiger partial charge in [0.25, 0.3) is 0 Å². The normalized spacial score (nSPS) is 30.0. The molecule has 1 aromatic rings. The van der Waals surface area contributed by atoms with Gasteiger partial charge in [-0.2, -0.15) is 0 Å². The van der Waals surface area contributed by atoms with Gasteiger partial charge in [-0.15, -0.1) is 0 Å². The van der Waals surface area contributed by atoms with Crippen molar-refractivity contribution < 1.29 is 9.42 Å². The van der Waals surface area contributed by atoms with Gasteiger partial charge in [0, 0.05) is 25.7 Å². The summed E-state index contributed by atoms with van der Waals surface area (Å²) >= 11 is 0. The van der Waals surface area contributed by atoms with Gasteiger partial charge in [0.05, 0.1) is 5.41 Å². The fraction of sp³-hybridized carbons (Fsp3) is 0.824. The number of rotatable bonds is 3. The summed E-state index contributed by atoms with van der Waals surface area (Å²) in [4.78, 5) is 17.8. The first-order valence-corrected chi connectivity index (χ1v) is 8.99. The van der Waals surface area contributed by atoms with Crippen LogP contribution in [-0.4, -0.2) is 51.7 Å². The van der Waals surface area contributed by atoms with E-state index < -0.39 is 0 Å². The second-order valence-electron chi connectivity index (χ2n) is 7.58. The van der Waals surface area contributed by atoms with Crippen LogP contribution in [0.15, 0.2) is 4.63 Å². The van der Waals surface area contributed by atoms with Crippen molar-refractivity contribution in [1.29, 1.82) is 0 Å². The summed E-state index contributed by atoms with van der Waals surface area (Å²) in [6.07, 6.45) is 8.16. The molecule has 4 rings (SSSR count). The minimum absolute atomic E-state index is 0.147. The first-order chi connectivity index (χ1) is 11.2. The smallest absolute Gasteiger partial charge is 0.230 e. The number of hydrogen-bond donors (Lipinski definition) is 0. The first-order valence-electron chi connectivity index (χ1n) is 8.99. The van der Waals surface area contributed by atoms with E-state index in [1.54, 1.807) is 0 Å². The van der Waals surface area contributed by atoms with E-state index in [0.717, 1.165) is 56.8 Å². The molecule has 1 saturated carbocycles. The Morgan fingerprint density at radius 3 is 2.74 bits per heavy atom. The summed E-state index contributed by atoms with van der Waals surface area (Å²) in [6, 6.07) is 0.510. The molecule has 0 bridgehead atoms. The second kappa shape index (κ2) is 5.89. The Kier molecular flexibility index (Phi) is 3.87. The van der Waals surface area contributed by atoms with E-state index in [1.807, 2.05) is 6.92 Å². The van der Waals surface area contributed by atoms with Crippen molar-refractivity contribution in [2.24, 2.45) is 5.41 Å². The largest absolute Gasteiger partial charge is 0.339 e. The van der Waals surface area contributed by atoms with Crippen molar-refractivity contribution in [3.63, 3.8) is 0 Å². The van der Waals surface area contributed by atoms with E-state index in [9.17, 15) is 4.79 Å². The molecule has 3 aliphatic rings. The molecule has 3 fully saturated rings. The molecule has 3 heterocycles. The van der Waals surface area contributed by atoms with Gasteiger partial charge in [-0.05, 0) is 45.6 Å². The lowest BCUT2D eigenvalue weighted by Crippen LogP contribution is -2.53. The lowest BCUT2D eigenvalue weighted by atomic mass is 9.77. The molecule has 0 radical (unpaired) electrons. The first kappa shape index (κ1) is 15.1. The van der Waals surface area contributed by atoms with E-state index in [-0.39, 0.29) is 5.41 Å². The third-order valence-corrected chi connectivity index (χ3v) is 6.09. The molecule has 126 valence electrons. The molecule has 1 spiro atoms. The van der Waals surface area contributed by atoms with Crippen molar-refractivity contribution in [3.05, 3.63) is 11.4 Å². The lowest BCUT2D eigenvalue weighted by Gasteiger charge is -2.42. The predicted molar refractivity (Wildman–Crippen MR) is 84.6 cm³/mol. The van der Waals surface area contributed by atoms with Crippen LogP contribution in [0.5, 0.6) is 0 Å². The molecule has 1 aromatic heterocycles. The fourth-order valence-corrected chi connectivity index (χ4v) is 4.74. The number of amides is 1. The van der Waals surface area contributed by atoms with E-state index >= 15 is 0 Å². The third-order valence-electron chi connectivity index (χ3n) is 6.09. The molecule has 2 saturated heterocycles. The quantitative estimate of drug-likeness (QED) is 0.854. The van der Waals surface area contributed by atoms with Crippen LogP contribution in [0, 0.1) is 12.3 Å². The minimum Gasteiger partial charge on any atom is -0.339 e. The summed E-state index contributed by atoms with van der Waals surface area (Å²) in [7, 11) is 0. The number of hydrogen-bond acceptors (Lipinski definition) is 5. The zero-order chi connectivity index (χ0) is 15.9. The van der Waals surface area contributed by atoms with Gasteiger partial charge in [-0.1, -0.05) is 23.2 Å². The summed E-state index contributed by atoms with van der Waals surface area (Å²) in [5.74, 6) is 0.424. The van der Waals surface area contributed by atoms with E-state index in [4.69, 9.17) is 4.63 Å². The molecule has 23 heavy (non-hydrogen) atoms. The summed E-state index contributed by atoms with van der Waals surface area (Å²) in [6.45, 7) is 5.47. The highest BCUT2D eigenvalue weighted by Gasteiger charge is 2.49. The van der Waals surface area contributed by atoms with Gasteiger partial charge in [-0.25, -0.2) is 4.63 Å². The number of piperidine rings is 1. The number of aryl methyl sites for hydroxylation is 1. The van der Waals surface area contributed by atoms with Crippen LogP contribution < -0.4 is 0 Å². The molecular formula is C17H26N4O2. The molecule has 2 aliphatic heterocycles.